The molecule has 1 aromatic heterocycles. The molecule has 0 bridgehead atoms. The number of nitrogens with zero attached hydrogens (tertiary/aromatic N) is 3. The first-order valence-electron chi connectivity index (χ1n) is 7.70. The van der Waals surface area contributed by atoms with Crippen LogP contribution in [-0.4, -0.2) is 22.3 Å². The van der Waals surface area contributed by atoms with E-state index in [-0.39, 0.29) is 24.0 Å². The second-order valence-corrected chi connectivity index (χ2v) is 5.83. The van der Waals surface area contributed by atoms with Crippen LogP contribution in [0.4, 0.5) is 0 Å². The summed E-state index contributed by atoms with van der Waals surface area (Å²) in [5, 5.41) is 7.67. The quantitative estimate of drug-likeness (QED) is 0.423. The van der Waals surface area contributed by atoms with Crippen molar-refractivity contribution >= 4 is 29.9 Å². The zero-order chi connectivity index (χ0) is 15.9. The minimum atomic E-state index is 0. The topological polar surface area (TPSA) is 68.2 Å². The maximum atomic E-state index is 5.89. The highest BCUT2D eigenvalue weighted by molar-refractivity contribution is 14.0. The van der Waals surface area contributed by atoms with Crippen LogP contribution in [0.15, 0.2) is 41.5 Å². The molecule has 6 heteroatoms. The molecule has 0 fully saturated rings. The van der Waals surface area contributed by atoms with Crippen LogP contribution in [0.1, 0.15) is 31.5 Å². The maximum absolute atomic E-state index is 5.89. The molecule has 0 radical (unpaired) electrons. The molecule has 0 aliphatic carbocycles. The van der Waals surface area contributed by atoms with Crippen molar-refractivity contribution in [3.8, 4) is 5.69 Å². The number of para-hydroxylation sites is 1. The number of guanidine groups is 1. The van der Waals surface area contributed by atoms with E-state index in [9.17, 15) is 0 Å². The van der Waals surface area contributed by atoms with Crippen molar-refractivity contribution in [2.24, 2.45) is 16.6 Å². The van der Waals surface area contributed by atoms with Gasteiger partial charge in [0.1, 0.15) is 0 Å². The van der Waals surface area contributed by atoms with Crippen LogP contribution < -0.4 is 11.1 Å². The van der Waals surface area contributed by atoms with Crippen molar-refractivity contribution in [2.45, 2.75) is 33.7 Å². The number of hydrogen-bond donors (Lipinski definition) is 2. The molecule has 2 rings (SSSR count). The van der Waals surface area contributed by atoms with Crippen LogP contribution in [0.3, 0.4) is 0 Å². The van der Waals surface area contributed by atoms with Gasteiger partial charge in [0.2, 0.25) is 0 Å². The SMILES string of the molecule is Cc1nn(-c2ccccc2)cc1CN=C(N)NCCC(C)C.I. The molecule has 1 aromatic carbocycles. The van der Waals surface area contributed by atoms with E-state index in [1.165, 1.54) is 0 Å². The zero-order valence-electron chi connectivity index (χ0n) is 14.0. The van der Waals surface area contributed by atoms with E-state index in [2.05, 4.69) is 29.3 Å². The van der Waals surface area contributed by atoms with Crippen molar-refractivity contribution in [3.63, 3.8) is 0 Å². The Labute approximate surface area is 155 Å². The summed E-state index contributed by atoms with van der Waals surface area (Å²) in [5.41, 5.74) is 8.99. The normalized spacial score (nSPS) is 11.4. The molecule has 0 atom stereocenters. The van der Waals surface area contributed by atoms with Gasteiger partial charge in [-0.1, -0.05) is 32.0 Å². The first-order chi connectivity index (χ1) is 10.6. The predicted molar refractivity (Wildman–Crippen MR) is 107 cm³/mol. The number of aryl methyl sites for hydroxylation is 1. The van der Waals surface area contributed by atoms with Gasteiger partial charge in [-0.05, 0) is 31.4 Å². The summed E-state index contributed by atoms with van der Waals surface area (Å²) in [4.78, 5) is 4.39. The summed E-state index contributed by atoms with van der Waals surface area (Å²) in [6, 6.07) is 10.1. The number of rotatable bonds is 6. The molecule has 0 saturated carbocycles. The number of benzene rings is 1. The molecule has 0 spiro atoms. The number of halogens is 1. The van der Waals surface area contributed by atoms with E-state index in [0.717, 1.165) is 29.9 Å². The fraction of sp³-hybridized carbons (Fsp3) is 0.412. The molecular weight excluding hydrogens is 401 g/mol. The average molecular weight is 427 g/mol. The second-order valence-electron chi connectivity index (χ2n) is 5.83. The van der Waals surface area contributed by atoms with Gasteiger partial charge in [0.05, 0.1) is 17.9 Å². The molecule has 126 valence electrons. The molecule has 0 unspecified atom stereocenters. The smallest absolute Gasteiger partial charge is 0.188 e. The molecule has 0 aliphatic heterocycles. The average Bonchev–Trinajstić information content (AvgIpc) is 2.87. The van der Waals surface area contributed by atoms with E-state index in [0.29, 0.717) is 18.4 Å². The summed E-state index contributed by atoms with van der Waals surface area (Å²) in [6.07, 6.45) is 3.09. The van der Waals surface area contributed by atoms with E-state index >= 15 is 0 Å². The fourth-order valence-electron chi connectivity index (χ4n) is 2.08. The van der Waals surface area contributed by atoms with Crippen LogP contribution in [0.25, 0.3) is 5.69 Å². The monoisotopic (exact) mass is 427 g/mol. The highest BCUT2D eigenvalue weighted by Gasteiger charge is 2.06. The summed E-state index contributed by atoms with van der Waals surface area (Å²) in [6.45, 7) is 7.77. The largest absolute Gasteiger partial charge is 0.370 e. The van der Waals surface area contributed by atoms with Gasteiger partial charge in [-0.15, -0.1) is 24.0 Å². The Morgan fingerprint density at radius 2 is 2.00 bits per heavy atom. The van der Waals surface area contributed by atoms with Gasteiger partial charge in [0.25, 0.3) is 0 Å². The van der Waals surface area contributed by atoms with Crippen LogP contribution in [0.2, 0.25) is 0 Å². The Kier molecular flexibility index (Phi) is 8.08. The molecule has 3 N–H and O–H groups in total. The Balaban J connectivity index is 0.00000264. The van der Waals surface area contributed by atoms with E-state index < -0.39 is 0 Å². The summed E-state index contributed by atoms with van der Waals surface area (Å²) in [7, 11) is 0. The minimum absolute atomic E-state index is 0. The third-order valence-electron chi connectivity index (χ3n) is 3.47. The van der Waals surface area contributed by atoms with Gasteiger partial charge in [-0.25, -0.2) is 9.67 Å². The van der Waals surface area contributed by atoms with Gasteiger partial charge in [0.15, 0.2) is 5.96 Å². The first kappa shape index (κ1) is 19.5. The molecule has 0 aliphatic rings. The third kappa shape index (κ3) is 6.21. The number of hydrogen-bond acceptors (Lipinski definition) is 2. The van der Waals surface area contributed by atoms with Crippen LogP contribution in [0.5, 0.6) is 0 Å². The number of aliphatic imine (C=N–C) groups is 1. The zero-order valence-corrected chi connectivity index (χ0v) is 16.3. The highest BCUT2D eigenvalue weighted by Crippen LogP contribution is 2.12. The van der Waals surface area contributed by atoms with Crippen LogP contribution >= 0.6 is 24.0 Å². The lowest BCUT2D eigenvalue weighted by Crippen LogP contribution is -2.32. The van der Waals surface area contributed by atoms with Crippen molar-refractivity contribution in [2.75, 3.05) is 6.54 Å². The number of nitrogens with two attached hydrogens (primary N) is 1. The lowest BCUT2D eigenvalue weighted by atomic mass is 10.1. The van der Waals surface area contributed by atoms with Gasteiger partial charge in [-0.2, -0.15) is 5.10 Å². The Morgan fingerprint density at radius 3 is 2.65 bits per heavy atom. The van der Waals surface area contributed by atoms with E-state index in [1.807, 2.05) is 48.1 Å². The molecule has 1 heterocycles. The third-order valence-corrected chi connectivity index (χ3v) is 3.47. The Morgan fingerprint density at radius 1 is 1.30 bits per heavy atom. The lowest BCUT2D eigenvalue weighted by Gasteiger charge is -2.07. The van der Waals surface area contributed by atoms with E-state index in [1.54, 1.807) is 0 Å². The lowest BCUT2D eigenvalue weighted by molar-refractivity contribution is 0.576. The maximum Gasteiger partial charge on any atom is 0.188 e. The summed E-state index contributed by atoms with van der Waals surface area (Å²) < 4.78 is 1.88. The van der Waals surface area contributed by atoms with E-state index in [4.69, 9.17) is 5.73 Å². The Hall–Kier alpha value is -1.57. The summed E-state index contributed by atoms with van der Waals surface area (Å²) in [5.74, 6) is 1.15. The van der Waals surface area contributed by atoms with Crippen molar-refractivity contribution in [3.05, 3.63) is 47.8 Å². The molecule has 0 amide bonds. The van der Waals surface area contributed by atoms with Gasteiger partial charge >= 0.3 is 0 Å². The standard InChI is InChI=1S/C17H25N5.HI/c1-13(2)9-10-19-17(18)20-11-15-12-22(21-14(15)3)16-7-5-4-6-8-16;/h4-8,12-13H,9-11H2,1-3H3,(H3,18,19,20);1H. The van der Waals surface area contributed by atoms with Crippen molar-refractivity contribution in [1.82, 2.24) is 15.1 Å². The second kappa shape index (κ2) is 9.54. The van der Waals surface area contributed by atoms with Crippen molar-refractivity contribution in [1.29, 1.82) is 0 Å². The molecule has 2 aromatic rings. The van der Waals surface area contributed by atoms with Crippen molar-refractivity contribution < 1.29 is 0 Å². The highest BCUT2D eigenvalue weighted by atomic mass is 127. The van der Waals surface area contributed by atoms with Crippen LogP contribution in [0, 0.1) is 12.8 Å². The molecule has 23 heavy (non-hydrogen) atoms. The van der Waals surface area contributed by atoms with Gasteiger partial charge in [-0.3, -0.25) is 0 Å². The van der Waals surface area contributed by atoms with Gasteiger partial charge in [0, 0.05) is 18.3 Å². The van der Waals surface area contributed by atoms with Crippen LogP contribution in [-0.2, 0) is 6.54 Å². The molecule has 0 saturated heterocycles. The van der Waals surface area contributed by atoms with Gasteiger partial charge < -0.3 is 11.1 Å². The molecular formula is C17H26IN5. The fourth-order valence-corrected chi connectivity index (χ4v) is 2.08. The Bertz CT molecular complexity index is 619. The minimum Gasteiger partial charge on any atom is -0.370 e. The predicted octanol–water partition coefficient (Wildman–Crippen LogP) is 3.25. The first-order valence-corrected chi connectivity index (χ1v) is 7.70. The summed E-state index contributed by atoms with van der Waals surface area (Å²) >= 11 is 0. The number of nitrogens with one attached hydrogen (secondary N) is 1. The number of aromatic nitrogens is 2. The molecule has 5 nitrogen and oxygen atoms in total.